The van der Waals surface area contributed by atoms with Gasteiger partial charge < -0.3 is 9.84 Å². The maximum absolute atomic E-state index is 13.5. The van der Waals surface area contributed by atoms with Crippen LogP contribution in [0.3, 0.4) is 0 Å². The second-order valence-electron chi connectivity index (χ2n) is 5.60. The molecule has 106 valence electrons. The standard InChI is InChI=1S/C16H23FO2/c1-3-4-12-6-8-15(18)16(9-12)19-13-7-5-11(2)14(17)10-13/h5,7,10,12,15-16,18H,3-4,6,8-9H2,1-2H3. The average molecular weight is 266 g/mol. The van der Waals surface area contributed by atoms with Crippen LogP contribution in [0.1, 0.15) is 44.6 Å². The van der Waals surface area contributed by atoms with Crippen molar-refractivity contribution in [2.24, 2.45) is 5.92 Å². The third-order valence-electron chi connectivity index (χ3n) is 3.99. The SMILES string of the molecule is CCCC1CCC(O)C(Oc2ccc(C)c(F)c2)C1. The number of rotatable bonds is 4. The Kier molecular flexibility index (Phi) is 4.81. The summed E-state index contributed by atoms with van der Waals surface area (Å²) in [6.07, 6.45) is 4.41. The van der Waals surface area contributed by atoms with Crippen molar-refractivity contribution in [1.82, 2.24) is 0 Å². The van der Waals surface area contributed by atoms with E-state index < -0.39 is 6.10 Å². The Morgan fingerprint density at radius 1 is 1.37 bits per heavy atom. The normalized spacial score (nSPS) is 27.3. The molecule has 3 heteroatoms. The predicted molar refractivity (Wildman–Crippen MR) is 73.8 cm³/mol. The van der Waals surface area contributed by atoms with Crippen molar-refractivity contribution in [1.29, 1.82) is 0 Å². The molecule has 2 nitrogen and oxygen atoms in total. The maximum atomic E-state index is 13.5. The lowest BCUT2D eigenvalue weighted by Crippen LogP contribution is -2.38. The molecule has 0 amide bonds. The molecule has 1 aliphatic carbocycles. The van der Waals surface area contributed by atoms with E-state index in [2.05, 4.69) is 6.92 Å². The van der Waals surface area contributed by atoms with E-state index in [-0.39, 0.29) is 11.9 Å². The molecule has 19 heavy (non-hydrogen) atoms. The molecule has 1 aromatic carbocycles. The number of benzene rings is 1. The molecule has 3 atom stereocenters. The van der Waals surface area contributed by atoms with Crippen LogP contribution in [0, 0.1) is 18.7 Å². The van der Waals surface area contributed by atoms with E-state index in [4.69, 9.17) is 4.74 Å². The molecule has 0 spiro atoms. The summed E-state index contributed by atoms with van der Waals surface area (Å²) in [4.78, 5) is 0. The van der Waals surface area contributed by atoms with E-state index in [1.807, 2.05) is 0 Å². The molecule has 0 heterocycles. The first-order valence-corrected chi connectivity index (χ1v) is 7.21. The molecule has 1 aliphatic rings. The van der Waals surface area contributed by atoms with Gasteiger partial charge in [-0.15, -0.1) is 0 Å². The molecular weight excluding hydrogens is 243 g/mol. The van der Waals surface area contributed by atoms with E-state index >= 15 is 0 Å². The molecule has 1 N–H and O–H groups in total. The zero-order valence-corrected chi connectivity index (χ0v) is 11.7. The van der Waals surface area contributed by atoms with Gasteiger partial charge in [-0.05, 0) is 43.7 Å². The minimum Gasteiger partial charge on any atom is -0.488 e. The molecule has 0 aliphatic heterocycles. The van der Waals surface area contributed by atoms with Crippen LogP contribution in [0.25, 0.3) is 0 Å². The zero-order valence-electron chi connectivity index (χ0n) is 11.7. The lowest BCUT2D eigenvalue weighted by molar-refractivity contribution is -0.0118. The van der Waals surface area contributed by atoms with Crippen LogP contribution in [-0.2, 0) is 0 Å². The Morgan fingerprint density at radius 3 is 2.84 bits per heavy atom. The van der Waals surface area contributed by atoms with Gasteiger partial charge in [-0.25, -0.2) is 4.39 Å². The average Bonchev–Trinajstić information content (AvgIpc) is 2.38. The van der Waals surface area contributed by atoms with E-state index in [0.29, 0.717) is 17.2 Å². The zero-order chi connectivity index (χ0) is 13.8. The van der Waals surface area contributed by atoms with Gasteiger partial charge in [0.1, 0.15) is 17.7 Å². The monoisotopic (exact) mass is 266 g/mol. The highest BCUT2D eigenvalue weighted by Gasteiger charge is 2.30. The van der Waals surface area contributed by atoms with Crippen molar-refractivity contribution in [3.05, 3.63) is 29.6 Å². The Labute approximate surface area is 114 Å². The van der Waals surface area contributed by atoms with E-state index in [0.717, 1.165) is 25.7 Å². The molecule has 1 aromatic rings. The van der Waals surface area contributed by atoms with Gasteiger partial charge >= 0.3 is 0 Å². The molecule has 0 radical (unpaired) electrons. The lowest BCUT2D eigenvalue weighted by Gasteiger charge is -2.33. The van der Waals surface area contributed by atoms with E-state index in [9.17, 15) is 9.50 Å². The molecule has 0 saturated heterocycles. The van der Waals surface area contributed by atoms with Gasteiger partial charge in [-0.2, -0.15) is 0 Å². The number of aryl methyl sites for hydroxylation is 1. The minimum atomic E-state index is -0.433. The first-order valence-electron chi connectivity index (χ1n) is 7.21. The number of hydrogen-bond acceptors (Lipinski definition) is 2. The summed E-state index contributed by atoms with van der Waals surface area (Å²) in [7, 11) is 0. The predicted octanol–water partition coefficient (Wildman–Crippen LogP) is 3.84. The topological polar surface area (TPSA) is 29.5 Å². The summed E-state index contributed by atoms with van der Waals surface area (Å²) in [5, 5.41) is 10.0. The van der Waals surface area contributed by atoms with E-state index in [1.165, 1.54) is 12.5 Å². The molecule has 2 rings (SSSR count). The van der Waals surface area contributed by atoms with Gasteiger partial charge in [0, 0.05) is 6.07 Å². The van der Waals surface area contributed by atoms with Crippen LogP contribution in [0.4, 0.5) is 4.39 Å². The van der Waals surface area contributed by atoms with Crippen molar-refractivity contribution >= 4 is 0 Å². The largest absolute Gasteiger partial charge is 0.488 e. The summed E-state index contributed by atoms with van der Waals surface area (Å²) < 4.78 is 19.3. The highest BCUT2D eigenvalue weighted by atomic mass is 19.1. The van der Waals surface area contributed by atoms with Crippen molar-refractivity contribution in [2.45, 2.75) is 58.2 Å². The van der Waals surface area contributed by atoms with Gasteiger partial charge in [0.25, 0.3) is 0 Å². The van der Waals surface area contributed by atoms with Crippen LogP contribution in [0.2, 0.25) is 0 Å². The van der Waals surface area contributed by atoms with Crippen LogP contribution in [-0.4, -0.2) is 17.3 Å². The number of halogens is 1. The molecule has 3 unspecified atom stereocenters. The third-order valence-corrected chi connectivity index (χ3v) is 3.99. The summed E-state index contributed by atoms with van der Waals surface area (Å²) in [5.74, 6) is 0.880. The van der Waals surface area contributed by atoms with Crippen LogP contribution < -0.4 is 4.74 Å². The highest BCUT2D eigenvalue weighted by Crippen LogP contribution is 2.31. The summed E-state index contributed by atoms with van der Waals surface area (Å²) in [6, 6.07) is 4.89. The quantitative estimate of drug-likeness (QED) is 0.897. The van der Waals surface area contributed by atoms with Gasteiger partial charge in [0.15, 0.2) is 0 Å². The fraction of sp³-hybridized carbons (Fsp3) is 0.625. The van der Waals surface area contributed by atoms with Crippen molar-refractivity contribution in [3.63, 3.8) is 0 Å². The van der Waals surface area contributed by atoms with E-state index in [1.54, 1.807) is 19.1 Å². The highest BCUT2D eigenvalue weighted by molar-refractivity contribution is 5.28. The second-order valence-corrected chi connectivity index (χ2v) is 5.60. The number of ether oxygens (including phenoxy) is 1. The Balaban J connectivity index is 2.01. The van der Waals surface area contributed by atoms with Crippen LogP contribution >= 0.6 is 0 Å². The fourth-order valence-electron chi connectivity index (χ4n) is 2.81. The van der Waals surface area contributed by atoms with Crippen LogP contribution in [0.5, 0.6) is 5.75 Å². The second kappa shape index (κ2) is 6.38. The van der Waals surface area contributed by atoms with Gasteiger partial charge in [-0.1, -0.05) is 25.8 Å². The maximum Gasteiger partial charge on any atom is 0.129 e. The van der Waals surface area contributed by atoms with Crippen LogP contribution in [0.15, 0.2) is 18.2 Å². The number of aliphatic hydroxyl groups is 1. The smallest absolute Gasteiger partial charge is 0.129 e. The summed E-state index contributed by atoms with van der Waals surface area (Å²) in [5.41, 5.74) is 0.611. The lowest BCUT2D eigenvalue weighted by atomic mass is 9.83. The summed E-state index contributed by atoms with van der Waals surface area (Å²) >= 11 is 0. The van der Waals surface area contributed by atoms with Crippen molar-refractivity contribution in [2.75, 3.05) is 0 Å². The molecule has 0 aromatic heterocycles. The Hall–Kier alpha value is -1.09. The molecule has 0 bridgehead atoms. The summed E-state index contributed by atoms with van der Waals surface area (Å²) in [6.45, 7) is 3.90. The number of hydrogen-bond donors (Lipinski definition) is 1. The van der Waals surface area contributed by atoms with Crippen molar-refractivity contribution < 1.29 is 14.2 Å². The molecule has 1 fully saturated rings. The first kappa shape index (κ1) is 14.3. The third kappa shape index (κ3) is 3.69. The fourth-order valence-corrected chi connectivity index (χ4v) is 2.81. The Bertz CT molecular complexity index is 419. The first-order chi connectivity index (χ1) is 9.10. The minimum absolute atomic E-state index is 0.201. The molecular formula is C16H23FO2. The Morgan fingerprint density at radius 2 is 2.16 bits per heavy atom. The van der Waals surface area contributed by atoms with Gasteiger partial charge in [-0.3, -0.25) is 0 Å². The van der Waals surface area contributed by atoms with Gasteiger partial charge in [0.05, 0.1) is 6.10 Å². The van der Waals surface area contributed by atoms with Gasteiger partial charge in [0.2, 0.25) is 0 Å². The van der Waals surface area contributed by atoms with Crippen molar-refractivity contribution in [3.8, 4) is 5.75 Å². The molecule has 1 saturated carbocycles. The number of aliphatic hydroxyl groups excluding tert-OH is 1.